The molecule has 0 unspecified atom stereocenters. The number of nitrogens with one attached hydrogen (secondary N) is 1. The van der Waals surface area contributed by atoms with Gasteiger partial charge in [0.1, 0.15) is 5.75 Å². The Morgan fingerprint density at radius 1 is 1.26 bits per heavy atom. The number of Topliss-reactive ketones (excluding diaryl/α,β-unsaturated/α-hetero) is 1. The van der Waals surface area contributed by atoms with Crippen LogP contribution in [0.5, 0.6) is 5.75 Å². The van der Waals surface area contributed by atoms with Crippen LogP contribution in [0.1, 0.15) is 44.0 Å². The second-order valence-corrected chi connectivity index (χ2v) is 4.69. The highest BCUT2D eigenvalue weighted by atomic mass is 16.5. The normalized spacial score (nSPS) is 11.2. The summed E-state index contributed by atoms with van der Waals surface area (Å²) in [6.45, 7) is 6.67. The van der Waals surface area contributed by atoms with Crippen LogP contribution >= 0.6 is 0 Å². The monoisotopic (exact) mass is 259 g/mol. The summed E-state index contributed by atoms with van der Waals surface area (Å²) >= 11 is 0. The van der Waals surface area contributed by atoms with Crippen LogP contribution in [0.4, 0.5) is 0 Å². The van der Waals surface area contributed by atoms with Crippen LogP contribution in [-0.4, -0.2) is 17.4 Å². The van der Waals surface area contributed by atoms with Crippen molar-refractivity contribution in [1.82, 2.24) is 4.98 Å². The van der Waals surface area contributed by atoms with Crippen molar-refractivity contribution in [3.63, 3.8) is 0 Å². The van der Waals surface area contributed by atoms with Crippen LogP contribution in [-0.2, 0) is 0 Å². The van der Waals surface area contributed by atoms with Gasteiger partial charge in [0.05, 0.1) is 12.0 Å². The molecule has 0 aliphatic rings. The lowest BCUT2D eigenvalue weighted by atomic mass is 9.92. The zero-order valence-corrected chi connectivity index (χ0v) is 11.8. The van der Waals surface area contributed by atoms with Gasteiger partial charge in [-0.05, 0) is 31.9 Å². The Hall–Kier alpha value is -1.77. The van der Waals surface area contributed by atoms with Crippen molar-refractivity contribution in [2.75, 3.05) is 6.61 Å². The first-order valence-corrected chi connectivity index (χ1v) is 6.99. The third kappa shape index (κ3) is 2.50. The number of benzene rings is 1. The quantitative estimate of drug-likeness (QED) is 0.790. The van der Waals surface area contributed by atoms with Crippen molar-refractivity contribution in [3.05, 3.63) is 30.0 Å². The number of ketones is 1. The van der Waals surface area contributed by atoms with Crippen LogP contribution in [0, 0.1) is 5.92 Å². The van der Waals surface area contributed by atoms with Gasteiger partial charge in [0.15, 0.2) is 5.78 Å². The average Bonchev–Trinajstić information content (AvgIpc) is 2.85. The Morgan fingerprint density at radius 2 is 2.00 bits per heavy atom. The molecule has 3 nitrogen and oxygen atoms in total. The lowest BCUT2D eigenvalue weighted by Crippen LogP contribution is -2.12. The largest absolute Gasteiger partial charge is 0.493 e. The summed E-state index contributed by atoms with van der Waals surface area (Å²) in [5.41, 5.74) is 1.72. The van der Waals surface area contributed by atoms with Gasteiger partial charge in [-0.25, -0.2) is 0 Å². The summed E-state index contributed by atoms with van der Waals surface area (Å²) in [5.74, 6) is 1.09. The molecule has 0 fully saturated rings. The second-order valence-electron chi connectivity index (χ2n) is 4.69. The minimum atomic E-state index is 0.0914. The van der Waals surface area contributed by atoms with Gasteiger partial charge in [0, 0.05) is 23.2 Å². The van der Waals surface area contributed by atoms with Gasteiger partial charge in [0.25, 0.3) is 0 Å². The highest BCUT2D eigenvalue weighted by Crippen LogP contribution is 2.31. The molecule has 102 valence electrons. The van der Waals surface area contributed by atoms with E-state index in [4.69, 9.17) is 4.74 Å². The SMILES string of the molecule is CCOc1cccc2[nH]cc(C(=O)C(CC)CC)c12. The van der Waals surface area contributed by atoms with Gasteiger partial charge in [-0.3, -0.25) is 4.79 Å². The van der Waals surface area contributed by atoms with Gasteiger partial charge in [-0.2, -0.15) is 0 Å². The number of carbonyl (C=O) groups is 1. The maximum absolute atomic E-state index is 12.6. The summed E-state index contributed by atoms with van der Waals surface area (Å²) in [4.78, 5) is 15.7. The van der Waals surface area contributed by atoms with E-state index in [0.717, 1.165) is 35.1 Å². The zero-order valence-electron chi connectivity index (χ0n) is 11.8. The zero-order chi connectivity index (χ0) is 13.8. The molecular formula is C16H21NO2. The number of fused-ring (bicyclic) bond motifs is 1. The molecule has 19 heavy (non-hydrogen) atoms. The minimum absolute atomic E-state index is 0.0914. The molecule has 2 rings (SSSR count). The Morgan fingerprint density at radius 3 is 2.63 bits per heavy atom. The van der Waals surface area contributed by atoms with Crippen molar-refractivity contribution in [3.8, 4) is 5.75 Å². The third-order valence-electron chi connectivity index (χ3n) is 3.59. The number of hydrogen-bond acceptors (Lipinski definition) is 2. The van der Waals surface area contributed by atoms with E-state index < -0.39 is 0 Å². The summed E-state index contributed by atoms with van der Waals surface area (Å²) < 4.78 is 5.64. The van der Waals surface area contributed by atoms with Crippen LogP contribution < -0.4 is 4.74 Å². The van der Waals surface area contributed by atoms with E-state index >= 15 is 0 Å². The topological polar surface area (TPSA) is 42.1 Å². The molecule has 0 amide bonds. The van der Waals surface area contributed by atoms with E-state index in [1.165, 1.54) is 0 Å². The summed E-state index contributed by atoms with van der Waals surface area (Å²) in [6, 6.07) is 5.83. The lowest BCUT2D eigenvalue weighted by molar-refractivity contribution is 0.0915. The summed E-state index contributed by atoms with van der Waals surface area (Å²) in [5, 5.41) is 0.918. The fraction of sp³-hybridized carbons (Fsp3) is 0.438. The Bertz CT molecular complexity index is 567. The Balaban J connectivity index is 2.51. The van der Waals surface area contributed by atoms with Crippen molar-refractivity contribution >= 4 is 16.7 Å². The maximum Gasteiger partial charge on any atom is 0.168 e. The molecule has 0 saturated heterocycles. The highest BCUT2D eigenvalue weighted by molar-refractivity contribution is 6.10. The highest BCUT2D eigenvalue weighted by Gasteiger charge is 2.21. The lowest BCUT2D eigenvalue weighted by Gasteiger charge is -2.11. The number of rotatable bonds is 6. The Kier molecular flexibility index (Phi) is 4.25. The number of hydrogen-bond donors (Lipinski definition) is 1. The molecule has 1 aromatic heterocycles. The molecule has 2 aromatic rings. The standard InChI is InChI=1S/C16H21NO2/c1-4-11(5-2)16(18)12-10-17-13-8-7-9-14(15(12)13)19-6-3/h7-11,17H,4-6H2,1-3H3. The van der Waals surface area contributed by atoms with Crippen LogP contribution in [0.3, 0.4) is 0 Å². The average molecular weight is 259 g/mol. The van der Waals surface area contributed by atoms with Gasteiger partial charge in [-0.15, -0.1) is 0 Å². The molecule has 3 heteroatoms. The van der Waals surface area contributed by atoms with E-state index in [1.807, 2.05) is 31.3 Å². The molecule has 0 aliphatic heterocycles. The van der Waals surface area contributed by atoms with Crippen LogP contribution in [0.2, 0.25) is 0 Å². The van der Waals surface area contributed by atoms with Crippen molar-refractivity contribution in [1.29, 1.82) is 0 Å². The van der Waals surface area contributed by atoms with E-state index in [1.54, 1.807) is 0 Å². The molecule has 0 saturated carbocycles. The van der Waals surface area contributed by atoms with Crippen molar-refractivity contribution < 1.29 is 9.53 Å². The van der Waals surface area contributed by atoms with E-state index in [0.29, 0.717) is 6.61 Å². The van der Waals surface area contributed by atoms with E-state index in [9.17, 15) is 4.79 Å². The summed E-state index contributed by atoms with van der Waals surface area (Å²) in [7, 11) is 0. The molecule has 0 spiro atoms. The third-order valence-corrected chi connectivity index (χ3v) is 3.59. The van der Waals surface area contributed by atoms with Gasteiger partial charge in [-0.1, -0.05) is 19.9 Å². The summed E-state index contributed by atoms with van der Waals surface area (Å²) in [6.07, 6.45) is 3.56. The number of aromatic nitrogens is 1. The van der Waals surface area contributed by atoms with Crippen molar-refractivity contribution in [2.24, 2.45) is 5.92 Å². The van der Waals surface area contributed by atoms with Crippen LogP contribution in [0.25, 0.3) is 10.9 Å². The molecule has 0 bridgehead atoms. The molecule has 0 aliphatic carbocycles. The number of ether oxygens (including phenoxy) is 1. The van der Waals surface area contributed by atoms with E-state index in [2.05, 4.69) is 18.8 Å². The predicted octanol–water partition coefficient (Wildman–Crippen LogP) is 4.19. The first-order valence-electron chi connectivity index (χ1n) is 6.99. The number of H-pyrrole nitrogens is 1. The smallest absolute Gasteiger partial charge is 0.168 e. The van der Waals surface area contributed by atoms with Gasteiger partial charge < -0.3 is 9.72 Å². The first kappa shape index (κ1) is 13.7. The molecule has 1 N–H and O–H groups in total. The van der Waals surface area contributed by atoms with Gasteiger partial charge in [0.2, 0.25) is 0 Å². The minimum Gasteiger partial charge on any atom is -0.493 e. The molecule has 0 atom stereocenters. The van der Waals surface area contributed by atoms with Gasteiger partial charge >= 0.3 is 0 Å². The number of carbonyl (C=O) groups excluding carboxylic acids is 1. The molecule has 0 radical (unpaired) electrons. The maximum atomic E-state index is 12.6. The van der Waals surface area contributed by atoms with E-state index in [-0.39, 0.29) is 11.7 Å². The fourth-order valence-electron chi connectivity index (χ4n) is 2.50. The first-order chi connectivity index (χ1) is 9.22. The number of aromatic amines is 1. The second kappa shape index (κ2) is 5.91. The molecule has 1 aromatic carbocycles. The Labute approximate surface area is 114 Å². The van der Waals surface area contributed by atoms with Crippen molar-refractivity contribution in [2.45, 2.75) is 33.6 Å². The van der Waals surface area contributed by atoms with Crippen LogP contribution in [0.15, 0.2) is 24.4 Å². The molecule has 1 heterocycles. The predicted molar refractivity (Wildman–Crippen MR) is 77.9 cm³/mol. The fourth-order valence-corrected chi connectivity index (χ4v) is 2.50. The molecular weight excluding hydrogens is 238 g/mol.